The number of esters is 1. The second-order valence-electron chi connectivity index (χ2n) is 4.56. The van der Waals surface area contributed by atoms with Gasteiger partial charge in [-0.15, -0.1) is 11.3 Å². The van der Waals surface area contributed by atoms with Crippen LogP contribution in [0.15, 0.2) is 39.9 Å². The first-order chi connectivity index (χ1) is 11.3. The van der Waals surface area contributed by atoms with Crippen molar-refractivity contribution in [3.05, 3.63) is 41.3 Å². The van der Waals surface area contributed by atoms with E-state index < -0.39 is 28.5 Å². The van der Waals surface area contributed by atoms with Crippen molar-refractivity contribution in [1.82, 2.24) is 0 Å². The number of anilines is 1. The van der Waals surface area contributed by atoms with Gasteiger partial charge in [-0.05, 0) is 18.2 Å². The molecule has 8 nitrogen and oxygen atoms in total. The van der Waals surface area contributed by atoms with E-state index in [1.807, 2.05) is 0 Å². The third kappa shape index (κ3) is 4.78. The molecule has 0 aliphatic rings. The number of hydrogen-bond donors (Lipinski definition) is 2. The summed E-state index contributed by atoms with van der Waals surface area (Å²) in [4.78, 5) is 23.6. The van der Waals surface area contributed by atoms with Crippen LogP contribution >= 0.6 is 11.3 Å². The minimum atomic E-state index is -3.87. The van der Waals surface area contributed by atoms with Crippen molar-refractivity contribution in [2.75, 3.05) is 19.0 Å². The first-order valence-electron chi connectivity index (χ1n) is 6.52. The number of benzene rings is 1. The van der Waals surface area contributed by atoms with Crippen molar-refractivity contribution in [2.45, 2.75) is 4.21 Å². The second kappa shape index (κ2) is 7.43. The molecule has 0 saturated carbocycles. The summed E-state index contributed by atoms with van der Waals surface area (Å²) >= 11 is 0.798. The van der Waals surface area contributed by atoms with Crippen molar-refractivity contribution in [3.8, 4) is 5.75 Å². The van der Waals surface area contributed by atoms with Gasteiger partial charge in [-0.1, -0.05) is 6.07 Å². The molecule has 1 aromatic heterocycles. The number of sulfonamides is 1. The fraction of sp³-hybridized carbons (Fsp3) is 0.143. The van der Waals surface area contributed by atoms with E-state index in [4.69, 9.17) is 14.6 Å². The Kier molecular flexibility index (Phi) is 5.54. The lowest BCUT2D eigenvalue weighted by Crippen LogP contribution is -2.20. The maximum absolute atomic E-state index is 11.8. The van der Waals surface area contributed by atoms with Crippen LogP contribution in [0, 0.1) is 0 Å². The highest BCUT2D eigenvalue weighted by Gasteiger charge is 2.17. The number of nitrogens with two attached hydrogens (primary N) is 1. The van der Waals surface area contributed by atoms with Crippen LogP contribution < -0.4 is 15.2 Å². The Morgan fingerprint density at radius 3 is 2.67 bits per heavy atom. The number of nitrogens with one attached hydrogen (secondary N) is 1. The summed E-state index contributed by atoms with van der Waals surface area (Å²) in [5, 5.41) is 8.80. The van der Waals surface area contributed by atoms with E-state index in [2.05, 4.69) is 5.32 Å². The van der Waals surface area contributed by atoms with Crippen LogP contribution in [-0.4, -0.2) is 34.0 Å². The average Bonchev–Trinajstić information content (AvgIpc) is 3.03. The molecule has 0 aliphatic carbocycles. The van der Waals surface area contributed by atoms with Crippen LogP contribution in [0.2, 0.25) is 0 Å². The zero-order valence-electron chi connectivity index (χ0n) is 12.5. The van der Waals surface area contributed by atoms with E-state index in [1.54, 1.807) is 24.3 Å². The van der Waals surface area contributed by atoms with Crippen LogP contribution in [0.5, 0.6) is 5.75 Å². The monoisotopic (exact) mass is 370 g/mol. The number of primary sulfonamides is 1. The quantitative estimate of drug-likeness (QED) is 0.736. The normalized spacial score (nSPS) is 10.9. The predicted molar refractivity (Wildman–Crippen MR) is 87.6 cm³/mol. The third-order valence-corrected chi connectivity index (χ3v) is 5.17. The summed E-state index contributed by atoms with van der Waals surface area (Å²) in [6.07, 6.45) is 0. The lowest BCUT2D eigenvalue weighted by atomic mass is 10.3. The van der Waals surface area contributed by atoms with E-state index >= 15 is 0 Å². The fourth-order valence-corrected chi connectivity index (χ4v) is 3.26. The molecule has 0 spiro atoms. The van der Waals surface area contributed by atoms with Crippen molar-refractivity contribution in [2.24, 2.45) is 5.14 Å². The molecule has 0 atom stereocenters. The van der Waals surface area contributed by atoms with Crippen molar-refractivity contribution in [3.63, 3.8) is 0 Å². The summed E-state index contributed by atoms with van der Waals surface area (Å²) in [5.41, 5.74) is 0.501. The van der Waals surface area contributed by atoms with E-state index in [9.17, 15) is 18.0 Å². The zero-order valence-corrected chi connectivity index (χ0v) is 14.1. The number of thiophene rings is 1. The molecule has 10 heteroatoms. The van der Waals surface area contributed by atoms with Gasteiger partial charge in [0.25, 0.3) is 5.91 Å². The number of amides is 1. The van der Waals surface area contributed by atoms with Crippen LogP contribution in [0.4, 0.5) is 5.69 Å². The van der Waals surface area contributed by atoms with Crippen molar-refractivity contribution < 1.29 is 27.5 Å². The lowest BCUT2D eigenvalue weighted by Gasteiger charge is -2.07. The Labute approximate surface area is 142 Å². The third-order valence-electron chi connectivity index (χ3n) is 2.78. The van der Waals surface area contributed by atoms with Crippen LogP contribution in [-0.2, 0) is 19.6 Å². The Bertz CT molecular complexity index is 860. The number of carbonyl (C=O) groups excluding carboxylic acids is 2. The standard InChI is InChI=1S/C14H14N2O6S2/c1-21-11-4-2-3-10(6-11)16-12(17)7-22-14(18)9-5-13(23-8-9)24(15,19)20/h2-6,8H,7H2,1H3,(H,16,17)(H2,15,19,20). The molecule has 24 heavy (non-hydrogen) atoms. The van der Waals surface area contributed by atoms with Gasteiger partial charge in [0.15, 0.2) is 6.61 Å². The van der Waals surface area contributed by atoms with Crippen molar-refractivity contribution >= 4 is 38.9 Å². The Morgan fingerprint density at radius 2 is 2.04 bits per heavy atom. The number of hydrogen-bond acceptors (Lipinski definition) is 7. The van der Waals surface area contributed by atoms with Gasteiger partial charge in [0.05, 0.1) is 12.7 Å². The summed E-state index contributed by atoms with van der Waals surface area (Å²) in [7, 11) is -2.38. The summed E-state index contributed by atoms with van der Waals surface area (Å²) in [6, 6.07) is 7.77. The SMILES string of the molecule is COc1cccc(NC(=O)COC(=O)c2csc(S(N)(=O)=O)c2)c1. The Balaban J connectivity index is 1.91. The first-order valence-corrected chi connectivity index (χ1v) is 8.94. The molecule has 0 bridgehead atoms. The van der Waals surface area contributed by atoms with Gasteiger partial charge in [0.2, 0.25) is 10.0 Å². The molecular formula is C14H14N2O6S2. The van der Waals surface area contributed by atoms with Crippen LogP contribution in [0.25, 0.3) is 0 Å². The zero-order chi connectivity index (χ0) is 17.7. The number of ether oxygens (including phenoxy) is 2. The predicted octanol–water partition coefficient (Wildman–Crippen LogP) is 1.20. The van der Waals surface area contributed by atoms with Crippen LogP contribution in [0.3, 0.4) is 0 Å². The average molecular weight is 370 g/mol. The maximum Gasteiger partial charge on any atom is 0.339 e. The minimum absolute atomic E-state index is 0.0122. The molecule has 1 aromatic carbocycles. The van der Waals surface area contributed by atoms with Gasteiger partial charge in [0.1, 0.15) is 9.96 Å². The highest BCUT2D eigenvalue weighted by Crippen LogP contribution is 2.19. The molecular weight excluding hydrogens is 356 g/mol. The highest BCUT2D eigenvalue weighted by atomic mass is 32.2. The Hall–Kier alpha value is -2.43. The largest absolute Gasteiger partial charge is 0.497 e. The van der Waals surface area contributed by atoms with Gasteiger partial charge in [-0.2, -0.15) is 0 Å². The lowest BCUT2D eigenvalue weighted by molar-refractivity contribution is -0.119. The Morgan fingerprint density at radius 1 is 1.29 bits per heavy atom. The van der Waals surface area contributed by atoms with Gasteiger partial charge in [-0.25, -0.2) is 18.4 Å². The molecule has 2 rings (SSSR count). The van der Waals surface area contributed by atoms with E-state index in [1.165, 1.54) is 12.5 Å². The van der Waals surface area contributed by atoms with E-state index in [0.29, 0.717) is 11.4 Å². The summed E-state index contributed by atoms with van der Waals surface area (Å²) in [6.45, 7) is -0.517. The van der Waals surface area contributed by atoms with E-state index in [-0.39, 0.29) is 9.77 Å². The molecule has 2 aromatic rings. The minimum Gasteiger partial charge on any atom is -0.497 e. The number of methoxy groups -OCH3 is 1. The summed E-state index contributed by atoms with van der Waals surface area (Å²) < 4.78 is 32.0. The smallest absolute Gasteiger partial charge is 0.339 e. The molecule has 0 saturated heterocycles. The number of rotatable bonds is 6. The first kappa shape index (κ1) is 17.9. The molecule has 0 unspecified atom stereocenters. The van der Waals surface area contributed by atoms with E-state index in [0.717, 1.165) is 17.4 Å². The second-order valence-corrected chi connectivity index (χ2v) is 7.26. The van der Waals surface area contributed by atoms with Crippen LogP contribution in [0.1, 0.15) is 10.4 Å². The summed E-state index contributed by atoms with van der Waals surface area (Å²) in [5.74, 6) is -0.793. The molecule has 128 valence electrons. The maximum atomic E-state index is 11.8. The van der Waals surface area contributed by atoms with Gasteiger partial charge in [0, 0.05) is 17.1 Å². The molecule has 0 aliphatic heterocycles. The van der Waals surface area contributed by atoms with Gasteiger partial charge in [-0.3, -0.25) is 4.79 Å². The molecule has 0 fully saturated rings. The fourth-order valence-electron chi connectivity index (χ4n) is 1.69. The van der Waals surface area contributed by atoms with Gasteiger partial charge >= 0.3 is 5.97 Å². The molecule has 3 N–H and O–H groups in total. The topological polar surface area (TPSA) is 125 Å². The molecule has 1 amide bonds. The molecule has 0 radical (unpaired) electrons. The highest BCUT2D eigenvalue weighted by molar-refractivity contribution is 7.91. The number of carbonyl (C=O) groups is 2. The van der Waals surface area contributed by atoms with Gasteiger partial charge < -0.3 is 14.8 Å². The molecule has 1 heterocycles. The van der Waals surface area contributed by atoms with Crippen molar-refractivity contribution in [1.29, 1.82) is 0 Å².